The Hall–Kier alpha value is -2.09. The molecule has 1 fully saturated rings. The lowest BCUT2D eigenvalue weighted by Gasteiger charge is -2.35. The summed E-state index contributed by atoms with van der Waals surface area (Å²) < 4.78 is 5.93. The zero-order valence-electron chi connectivity index (χ0n) is 14.2. The van der Waals surface area contributed by atoms with Crippen molar-refractivity contribution in [3.05, 3.63) is 50.9 Å². The van der Waals surface area contributed by atoms with E-state index in [4.69, 9.17) is 23.2 Å². The van der Waals surface area contributed by atoms with E-state index in [-0.39, 0.29) is 23.1 Å². The minimum atomic E-state index is -0.386. The molecule has 2 heterocycles. The number of hydrogen-bond acceptors (Lipinski definition) is 6. The Bertz CT molecular complexity index is 846. The van der Waals surface area contributed by atoms with Crippen LogP contribution in [-0.2, 0) is 9.53 Å². The highest BCUT2D eigenvalue weighted by molar-refractivity contribution is 6.33. The summed E-state index contributed by atoms with van der Waals surface area (Å²) in [5, 5.41) is 4.94. The normalized spacial score (nSPS) is 15.1. The first-order chi connectivity index (χ1) is 12.5. The molecule has 0 N–H and O–H groups in total. The van der Waals surface area contributed by atoms with Gasteiger partial charge in [-0.05, 0) is 24.3 Å². The first-order valence-corrected chi connectivity index (χ1v) is 8.83. The molecule has 138 valence electrons. The number of esters is 1. The minimum absolute atomic E-state index is 0.122. The van der Waals surface area contributed by atoms with Crippen LogP contribution in [0, 0.1) is 0 Å². The van der Waals surface area contributed by atoms with Crippen molar-refractivity contribution in [1.82, 2.24) is 14.7 Å². The summed E-state index contributed by atoms with van der Waals surface area (Å²) in [6.45, 7) is 2.89. The molecule has 9 heteroatoms. The smallest absolute Gasteiger partial charge is 0.319 e. The predicted molar refractivity (Wildman–Crippen MR) is 101 cm³/mol. The number of carbonyl (C=O) groups is 1. The Balaban J connectivity index is 1.76. The third-order valence-corrected chi connectivity index (χ3v) is 4.87. The lowest BCUT2D eigenvalue weighted by molar-refractivity contribution is -0.142. The van der Waals surface area contributed by atoms with Crippen LogP contribution < -0.4 is 10.5 Å². The Morgan fingerprint density at radius 1 is 1.15 bits per heavy atom. The molecule has 0 radical (unpaired) electrons. The summed E-state index contributed by atoms with van der Waals surface area (Å²) >= 11 is 12.2. The molecule has 1 aromatic carbocycles. The van der Waals surface area contributed by atoms with Crippen LogP contribution >= 0.6 is 23.2 Å². The second kappa shape index (κ2) is 8.07. The monoisotopic (exact) mass is 396 g/mol. The van der Waals surface area contributed by atoms with E-state index in [0.717, 1.165) is 0 Å². The second-order valence-corrected chi connectivity index (χ2v) is 6.69. The molecule has 0 saturated carbocycles. The molecular weight excluding hydrogens is 379 g/mol. The van der Waals surface area contributed by atoms with Crippen LogP contribution in [0.15, 0.2) is 35.3 Å². The van der Waals surface area contributed by atoms with Crippen LogP contribution in [0.2, 0.25) is 10.0 Å². The van der Waals surface area contributed by atoms with Crippen molar-refractivity contribution in [2.75, 3.05) is 44.7 Å². The Morgan fingerprint density at radius 2 is 1.81 bits per heavy atom. The van der Waals surface area contributed by atoms with E-state index < -0.39 is 0 Å². The van der Waals surface area contributed by atoms with Gasteiger partial charge in [-0.25, -0.2) is 0 Å². The van der Waals surface area contributed by atoms with Crippen LogP contribution in [0.4, 0.5) is 5.69 Å². The third-order valence-electron chi connectivity index (χ3n) is 4.27. The van der Waals surface area contributed by atoms with Crippen molar-refractivity contribution in [2.24, 2.45) is 0 Å². The Kier molecular flexibility index (Phi) is 5.80. The number of rotatable bonds is 4. The van der Waals surface area contributed by atoms with E-state index in [2.05, 4.69) is 9.84 Å². The number of halogens is 2. The van der Waals surface area contributed by atoms with Crippen molar-refractivity contribution in [3.63, 3.8) is 0 Å². The van der Waals surface area contributed by atoms with Gasteiger partial charge in [0, 0.05) is 31.2 Å². The summed E-state index contributed by atoms with van der Waals surface area (Å²) in [5.41, 5.74) is 0.804. The molecule has 2 aromatic rings. The Labute approximate surface area is 160 Å². The summed E-state index contributed by atoms with van der Waals surface area (Å²) in [4.78, 5) is 28.0. The van der Waals surface area contributed by atoms with E-state index >= 15 is 0 Å². The summed E-state index contributed by atoms with van der Waals surface area (Å²) in [6, 6.07) is 6.79. The average molecular weight is 397 g/mol. The van der Waals surface area contributed by atoms with Crippen LogP contribution in [0.5, 0.6) is 0 Å². The molecule has 7 nitrogen and oxygen atoms in total. The van der Waals surface area contributed by atoms with Gasteiger partial charge in [0.15, 0.2) is 0 Å². The lowest BCUT2D eigenvalue weighted by atomic mass is 10.2. The molecule has 26 heavy (non-hydrogen) atoms. The molecule has 3 rings (SSSR count). The maximum Gasteiger partial charge on any atom is 0.319 e. The first kappa shape index (κ1) is 18.7. The number of methoxy groups -OCH3 is 1. The molecule has 1 aliphatic heterocycles. The van der Waals surface area contributed by atoms with Gasteiger partial charge in [-0.15, -0.1) is 0 Å². The number of ether oxygens (including phenoxy) is 1. The van der Waals surface area contributed by atoms with Crippen molar-refractivity contribution in [2.45, 2.75) is 0 Å². The number of carbonyl (C=O) groups excluding carboxylic acids is 1. The maximum atomic E-state index is 12.6. The standard InChI is InChI=1S/C17H18Cl2N4O3/c1-26-15(24)11-21-6-8-22(9-7-21)14-10-20-23(17(25)16(14)19)13-4-2-12(18)3-5-13/h2-5,10H,6-9,11H2,1H3. The van der Waals surface area contributed by atoms with Gasteiger partial charge in [-0.1, -0.05) is 23.2 Å². The van der Waals surface area contributed by atoms with Gasteiger partial charge in [0.25, 0.3) is 5.56 Å². The van der Waals surface area contributed by atoms with Crippen molar-refractivity contribution >= 4 is 34.9 Å². The fourth-order valence-corrected chi connectivity index (χ4v) is 3.18. The first-order valence-electron chi connectivity index (χ1n) is 8.07. The van der Waals surface area contributed by atoms with E-state index in [0.29, 0.717) is 42.6 Å². The van der Waals surface area contributed by atoms with Crippen molar-refractivity contribution in [1.29, 1.82) is 0 Å². The molecule has 0 unspecified atom stereocenters. The number of aromatic nitrogens is 2. The fourth-order valence-electron chi connectivity index (χ4n) is 2.80. The van der Waals surface area contributed by atoms with Crippen molar-refractivity contribution in [3.8, 4) is 5.69 Å². The van der Waals surface area contributed by atoms with Gasteiger partial charge in [0.1, 0.15) is 5.02 Å². The predicted octanol–water partition coefficient (Wildman–Crippen LogP) is 1.83. The summed E-state index contributed by atoms with van der Waals surface area (Å²) in [5.74, 6) is -0.260. The minimum Gasteiger partial charge on any atom is -0.468 e. The molecular formula is C17H18Cl2N4O3. The number of benzene rings is 1. The highest BCUT2D eigenvalue weighted by Gasteiger charge is 2.22. The summed E-state index contributed by atoms with van der Waals surface area (Å²) in [7, 11) is 1.37. The van der Waals surface area contributed by atoms with Gasteiger partial charge in [-0.3, -0.25) is 14.5 Å². The maximum absolute atomic E-state index is 12.6. The number of piperazine rings is 1. The highest BCUT2D eigenvalue weighted by atomic mass is 35.5. The fraction of sp³-hybridized carbons (Fsp3) is 0.353. The topological polar surface area (TPSA) is 67.7 Å². The largest absolute Gasteiger partial charge is 0.468 e. The van der Waals surface area contributed by atoms with E-state index in [1.807, 2.05) is 9.80 Å². The quantitative estimate of drug-likeness (QED) is 0.734. The molecule has 0 amide bonds. The van der Waals surface area contributed by atoms with E-state index in [9.17, 15) is 9.59 Å². The Morgan fingerprint density at radius 3 is 2.42 bits per heavy atom. The zero-order valence-corrected chi connectivity index (χ0v) is 15.7. The van der Waals surface area contributed by atoms with Gasteiger partial charge >= 0.3 is 5.97 Å². The summed E-state index contributed by atoms with van der Waals surface area (Å²) in [6.07, 6.45) is 1.59. The van der Waals surface area contributed by atoms with Crippen LogP contribution in [-0.4, -0.2) is 60.5 Å². The highest BCUT2D eigenvalue weighted by Crippen LogP contribution is 2.23. The molecule has 0 bridgehead atoms. The van der Waals surface area contributed by atoms with Gasteiger partial charge in [0.2, 0.25) is 0 Å². The second-order valence-electron chi connectivity index (χ2n) is 5.88. The molecule has 0 atom stereocenters. The third kappa shape index (κ3) is 4.00. The number of hydrogen-bond donors (Lipinski definition) is 0. The molecule has 1 saturated heterocycles. The lowest BCUT2D eigenvalue weighted by Crippen LogP contribution is -2.48. The number of anilines is 1. The SMILES string of the molecule is COC(=O)CN1CCN(c2cnn(-c3ccc(Cl)cc3)c(=O)c2Cl)CC1. The van der Waals surface area contributed by atoms with Crippen molar-refractivity contribution < 1.29 is 9.53 Å². The molecule has 1 aromatic heterocycles. The van der Waals surface area contributed by atoms with Gasteiger partial charge < -0.3 is 9.64 Å². The van der Waals surface area contributed by atoms with E-state index in [1.165, 1.54) is 11.8 Å². The van der Waals surface area contributed by atoms with E-state index in [1.54, 1.807) is 30.5 Å². The number of nitrogens with zero attached hydrogens (tertiary/aromatic N) is 4. The average Bonchev–Trinajstić information content (AvgIpc) is 2.65. The molecule has 1 aliphatic rings. The van der Waals surface area contributed by atoms with Crippen LogP contribution in [0.3, 0.4) is 0 Å². The zero-order chi connectivity index (χ0) is 18.7. The molecule has 0 aliphatic carbocycles. The van der Waals surface area contributed by atoms with Crippen LogP contribution in [0.1, 0.15) is 0 Å². The molecule has 0 spiro atoms. The van der Waals surface area contributed by atoms with Gasteiger partial charge in [0.05, 0.1) is 31.2 Å². The van der Waals surface area contributed by atoms with Crippen LogP contribution in [0.25, 0.3) is 5.69 Å². The van der Waals surface area contributed by atoms with Gasteiger partial charge in [-0.2, -0.15) is 9.78 Å².